The van der Waals surface area contributed by atoms with Gasteiger partial charge in [0.25, 0.3) is 0 Å². The van der Waals surface area contributed by atoms with E-state index in [1.807, 2.05) is 18.3 Å². The molecule has 2 N–H and O–H groups in total. The Morgan fingerprint density at radius 3 is 2.80 bits per heavy atom. The van der Waals surface area contributed by atoms with Gasteiger partial charge in [0.1, 0.15) is 0 Å². The molecule has 0 saturated heterocycles. The van der Waals surface area contributed by atoms with E-state index in [1.165, 1.54) is 6.42 Å². The van der Waals surface area contributed by atoms with Gasteiger partial charge in [0.05, 0.1) is 5.92 Å². The first kappa shape index (κ1) is 10.3. The summed E-state index contributed by atoms with van der Waals surface area (Å²) in [6.45, 7) is 0. The van der Waals surface area contributed by atoms with Gasteiger partial charge in [-0.1, -0.05) is 19.3 Å². The lowest BCUT2D eigenvalue weighted by molar-refractivity contribution is -0.142. The smallest absolute Gasteiger partial charge is 0.307 e. The molecule has 2 rings (SSSR count). The minimum Gasteiger partial charge on any atom is -0.481 e. The quantitative estimate of drug-likeness (QED) is 0.733. The molecule has 1 heterocycles. The molecule has 1 aliphatic rings. The fraction of sp³-hybridized carbons (Fsp3) is 0.583. The lowest BCUT2D eigenvalue weighted by atomic mass is 9.85. The molecule has 0 aromatic carbocycles. The Morgan fingerprint density at radius 1 is 1.33 bits per heavy atom. The molecule has 2 unspecified atom stereocenters. The number of aliphatic carboxylic acids is 1. The fourth-order valence-corrected chi connectivity index (χ4v) is 2.55. The van der Waals surface area contributed by atoms with E-state index in [0.29, 0.717) is 0 Å². The highest BCUT2D eigenvalue weighted by molar-refractivity contribution is 5.71. The Labute approximate surface area is 89.5 Å². The summed E-state index contributed by atoms with van der Waals surface area (Å²) in [7, 11) is 0. The summed E-state index contributed by atoms with van der Waals surface area (Å²) in [5.41, 5.74) is 1.09. The lowest BCUT2D eigenvalue weighted by Crippen LogP contribution is -2.21. The summed E-state index contributed by atoms with van der Waals surface area (Å²) in [4.78, 5) is 14.4. The van der Waals surface area contributed by atoms with Crippen LogP contribution in [0.15, 0.2) is 18.3 Å². The van der Waals surface area contributed by atoms with E-state index in [2.05, 4.69) is 4.98 Å². The third-order valence-corrected chi connectivity index (χ3v) is 3.35. The standard InChI is InChI=1S/C12H17NO2/c14-12(15)10-6-3-1-2-5-9(10)11-7-4-8-13-11/h4,7-10,13H,1-3,5-6H2,(H,14,15). The molecule has 82 valence electrons. The number of hydrogen-bond acceptors (Lipinski definition) is 1. The molecule has 1 aromatic rings. The van der Waals surface area contributed by atoms with E-state index in [0.717, 1.165) is 31.4 Å². The van der Waals surface area contributed by atoms with Crippen LogP contribution in [0, 0.1) is 5.92 Å². The minimum absolute atomic E-state index is 0.181. The van der Waals surface area contributed by atoms with Crippen LogP contribution < -0.4 is 0 Å². The van der Waals surface area contributed by atoms with Gasteiger partial charge in [0.15, 0.2) is 0 Å². The first-order valence-corrected chi connectivity index (χ1v) is 5.65. The van der Waals surface area contributed by atoms with Gasteiger partial charge in [0.2, 0.25) is 0 Å². The molecule has 3 heteroatoms. The van der Waals surface area contributed by atoms with Crippen molar-refractivity contribution in [1.82, 2.24) is 4.98 Å². The summed E-state index contributed by atoms with van der Waals surface area (Å²) < 4.78 is 0. The maximum Gasteiger partial charge on any atom is 0.307 e. The van der Waals surface area contributed by atoms with E-state index in [1.54, 1.807) is 0 Å². The summed E-state index contributed by atoms with van der Waals surface area (Å²) in [5, 5.41) is 9.22. The van der Waals surface area contributed by atoms with Gasteiger partial charge in [-0.2, -0.15) is 0 Å². The maximum absolute atomic E-state index is 11.2. The number of aromatic nitrogens is 1. The molecule has 0 amide bonds. The molecule has 1 aliphatic carbocycles. The van der Waals surface area contributed by atoms with Crippen LogP contribution >= 0.6 is 0 Å². The second-order valence-corrected chi connectivity index (χ2v) is 4.31. The van der Waals surface area contributed by atoms with E-state index in [9.17, 15) is 9.90 Å². The monoisotopic (exact) mass is 207 g/mol. The van der Waals surface area contributed by atoms with Gasteiger partial charge in [-0.3, -0.25) is 4.79 Å². The van der Waals surface area contributed by atoms with E-state index < -0.39 is 5.97 Å². The van der Waals surface area contributed by atoms with Crippen LogP contribution in [0.2, 0.25) is 0 Å². The molecule has 0 radical (unpaired) electrons. The molecular formula is C12H17NO2. The Kier molecular flexibility index (Phi) is 3.09. The SMILES string of the molecule is O=C(O)C1CCCCCC1c1ccc[nH]1. The van der Waals surface area contributed by atoms with Gasteiger partial charge in [-0.05, 0) is 25.0 Å². The van der Waals surface area contributed by atoms with Gasteiger partial charge in [0, 0.05) is 17.8 Å². The number of nitrogens with one attached hydrogen (secondary N) is 1. The van der Waals surface area contributed by atoms with Crippen LogP contribution in [0.3, 0.4) is 0 Å². The van der Waals surface area contributed by atoms with Crippen LogP contribution in [0.4, 0.5) is 0 Å². The summed E-state index contributed by atoms with van der Waals surface area (Å²) in [6.07, 6.45) is 7.05. The highest BCUT2D eigenvalue weighted by Gasteiger charge is 2.30. The van der Waals surface area contributed by atoms with Crippen molar-refractivity contribution < 1.29 is 9.90 Å². The van der Waals surface area contributed by atoms with Gasteiger partial charge in [-0.25, -0.2) is 0 Å². The number of H-pyrrole nitrogens is 1. The van der Waals surface area contributed by atoms with E-state index in [-0.39, 0.29) is 11.8 Å². The summed E-state index contributed by atoms with van der Waals surface area (Å²) in [6, 6.07) is 3.95. The fourth-order valence-electron chi connectivity index (χ4n) is 2.55. The Bertz CT molecular complexity index is 318. The van der Waals surface area contributed by atoms with Crippen LogP contribution in [-0.4, -0.2) is 16.1 Å². The molecule has 1 fully saturated rings. The molecule has 0 aliphatic heterocycles. The topological polar surface area (TPSA) is 53.1 Å². The zero-order valence-corrected chi connectivity index (χ0v) is 8.78. The van der Waals surface area contributed by atoms with Gasteiger partial charge in [-0.15, -0.1) is 0 Å². The molecular weight excluding hydrogens is 190 g/mol. The van der Waals surface area contributed by atoms with Crippen molar-refractivity contribution in [1.29, 1.82) is 0 Å². The van der Waals surface area contributed by atoms with Gasteiger partial charge >= 0.3 is 5.97 Å². The molecule has 0 spiro atoms. The number of hydrogen-bond donors (Lipinski definition) is 2. The molecule has 0 bridgehead atoms. The van der Waals surface area contributed by atoms with Crippen molar-refractivity contribution in [3.8, 4) is 0 Å². The zero-order valence-electron chi connectivity index (χ0n) is 8.78. The third kappa shape index (κ3) is 2.22. The third-order valence-electron chi connectivity index (χ3n) is 3.35. The van der Waals surface area contributed by atoms with Crippen molar-refractivity contribution in [2.75, 3.05) is 0 Å². The van der Waals surface area contributed by atoms with Crippen LogP contribution in [-0.2, 0) is 4.79 Å². The number of rotatable bonds is 2. The second kappa shape index (κ2) is 4.51. The normalized spacial score (nSPS) is 27.2. The van der Waals surface area contributed by atoms with E-state index in [4.69, 9.17) is 0 Å². The summed E-state index contributed by atoms with van der Waals surface area (Å²) in [5.74, 6) is -0.664. The van der Waals surface area contributed by atoms with Crippen molar-refractivity contribution in [2.45, 2.75) is 38.0 Å². The highest BCUT2D eigenvalue weighted by Crippen LogP contribution is 2.35. The number of carbonyl (C=O) groups is 1. The summed E-state index contributed by atoms with van der Waals surface area (Å²) >= 11 is 0. The van der Waals surface area contributed by atoms with Crippen molar-refractivity contribution in [2.24, 2.45) is 5.92 Å². The van der Waals surface area contributed by atoms with Crippen molar-refractivity contribution in [3.63, 3.8) is 0 Å². The Hall–Kier alpha value is -1.25. The average Bonchev–Trinajstić information content (AvgIpc) is 2.61. The largest absolute Gasteiger partial charge is 0.481 e. The number of aromatic amines is 1. The van der Waals surface area contributed by atoms with E-state index >= 15 is 0 Å². The van der Waals surface area contributed by atoms with Crippen LogP contribution in [0.5, 0.6) is 0 Å². The predicted octanol–water partition coefficient (Wildman–Crippen LogP) is 2.76. The first-order valence-electron chi connectivity index (χ1n) is 5.65. The highest BCUT2D eigenvalue weighted by atomic mass is 16.4. The molecule has 1 aromatic heterocycles. The maximum atomic E-state index is 11.2. The lowest BCUT2D eigenvalue weighted by Gasteiger charge is -2.20. The van der Waals surface area contributed by atoms with Crippen molar-refractivity contribution in [3.05, 3.63) is 24.0 Å². The molecule has 1 saturated carbocycles. The number of carboxylic acids is 1. The van der Waals surface area contributed by atoms with Crippen LogP contribution in [0.25, 0.3) is 0 Å². The molecule has 15 heavy (non-hydrogen) atoms. The molecule has 2 atom stereocenters. The zero-order chi connectivity index (χ0) is 10.7. The second-order valence-electron chi connectivity index (χ2n) is 4.31. The number of carboxylic acid groups (broad SMARTS) is 1. The Balaban J connectivity index is 2.20. The Morgan fingerprint density at radius 2 is 2.13 bits per heavy atom. The molecule has 3 nitrogen and oxygen atoms in total. The van der Waals surface area contributed by atoms with Gasteiger partial charge < -0.3 is 10.1 Å². The predicted molar refractivity (Wildman–Crippen MR) is 57.7 cm³/mol. The minimum atomic E-state index is -0.642. The van der Waals surface area contributed by atoms with Crippen molar-refractivity contribution >= 4 is 5.97 Å². The average molecular weight is 207 g/mol. The van der Waals surface area contributed by atoms with Crippen LogP contribution in [0.1, 0.15) is 43.7 Å². The first-order chi connectivity index (χ1) is 7.29.